The van der Waals surface area contributed by atoms with E-state index in [2.05, 4.69) is 32.2 Å². The molecule has 4 rings (SSSR count). The molecule has 0 aliphatic carbocycles. The molecule has 0 radical (unpaired) electrons. The lowest BCUT2D eigenvalue weighted by Gasteiger charge is -2.13. The van der Waals surface area contributed by atoms with Crippen molar-refractivity contribution in [1.82, 2.24) is 15.0 Å². The number of benzene rings is 2. The molecule has 0 spiro atoms. The number of nitrogens with one attached hydrogen (secondary N) is 3. The Morgan fingerprint density at radius 3 is 2.79 bits per heavy atom. The molecule has 2 aromatic carbocycles. The predicted octanol–water partition coefficient (Wildman–Crippen LogP) is 5.25. The summed E-state index contributed by atoms with van der Waals surface area (Å²) in [6, 6.07) is 12.0. The predicted molar refractivity (Wildman–Crippen MR) is 123 cm³/mol. The van der Waals surface area contributed by atoms with Gasteiger partial charge in [0.05, 0.1) is 5.52 Å². The van der Waals surface area contributed by atoms with Gasteiger partial charge in [-0.3, -0.25) is 4.79 Å². The number of carbonyl (C=O) groups is 1. The van der Waals surface area contributed by atoms with Gasteiger partial charge in [0.25, 0.3) is 0 Å². The molecule has 0 saturated heterocycles. The SMILES string of the molecule is C=CC(=O)Nc1cccc(Nc2ncnc(Oc3cc(F)c4[nH]c(C)cc4c3C)c2C#N)c1. The van der Waals surface area contributed by atoms with Crippen LogP contribution in [-0.4, -0.2) is 20.9 Å². The van der Waals surface area contributed by atoms with Crippen molar-refractivity contribution in [3.8, 4) is 17.7 Å². The van der Waals surface area contributed by atoms with Gasteiger partial charge < -0.3 is 20.4 Å². The maximum atomic E-state index is 14.6. The molecule has 2 aromatic heterocycles. The highest BCUT2D eigenvalue weighted by atomic mass is 19.1. The minimum absolute atomic E-state index is 0.0137. The third kappa shape index (κ3) is 4.36. The number of nitrogens with zero attached hydrogens (tertiary/aromatic N) is 3. The van der Waals surface area contributed by atoms with E-state index in [1.807, 2.05) is 19.1 Å². The van der Waals surface area contributed by atoms with Crippen LogP contribution in [0.3, 0.4) is 0 Å². The number of rotatable bonds is 6. The summed E-state index contributed by atoms with van der Waals surface area (Å²) in [7, 11) is 0. The van der Waals surface area contributed by atoms with E-state index in [1.165, 1.54) is 18.5 Å². The zero-order valence-corrected chi connectivity index (χ0v) is 17.9. The highest BCUT2D eigenvalue weighted by Gasteiger charge is 2.18. The van der Waals surface area contributed by atoms with Crippen LogP contribution >= 0.6 is 0 Å². The van der Waals surface area contributed by atoms with Crippen LogP contribution in [0.4, 0.5) is 21.6 Å². The lowest BCUT2D eigenvalue weighted by Crippen LogP contribution is -2.07. The molecule has 9 heteroatoms. The van der Waals surface area contributed by atoms with Crippen molar-refractivity contribution in [2.45, 2.75) is 13.8 Å². The quantitative estimate of drug-likeness (QED) is 0.352. The molecule has 2 heterocycles. The Labute approximate surface area is 188 Å². The van der Waals surface area contributed by atoms with Crippen LogP contribution in [0.25, 0.3) is 10.9 Å². The second kappa shape index (κ2) is 8.80. The Morgan fingerprint density at radius 2 is 2.03 bits per heavy atom. The van der Waals surface area contributed by atoms with Crippen LogP contribution in [0.1, 0.15) is 16.8 Å². The topological polar surface area (TPSA) is 116 Å². The minimum atomic E-state index is -0.469. The van der Waals surface area contributed by atoms with Gasteiger partial charge >= 0.3 is 0 Å². The number of fused-ring (bicyclic) bond motifs is 1. The molecule has 0 bridgehead atoms. The van der Waals surface area contributed by atoms with Gasteiger partial charge in [0.15, 0.2) is 17.2 Å². The number of aryl methyl sites for hydroxylation is 2. The van der Waals surface area contributed by atoms with E-state index in [0.717, 1.165) is 5.69 Å². The van der Waals surface area contributed by atoms with E-state index >= 15 is 0 Å². The average molecular weight is 442 g/mol. The number of halogens is 1. The van der Waals surface area contributed by atoms with Crippen molar-refractivity contribution in [2.75, 3.05) is 10.6 Å². The number of aromatic nitrogens is 3. The van der Waals surface area contributed by atoms with Gasteiger partial charge in [-0.25, -0.2) is 14.4 Å². The molecule has 8 nitrogen and oxygen atoms in total. The molecule has 33 heavy (non-hydrogen) atoms. The van der Waals surface area contributed by atoms with Crippen LogP contribution in [0.15, 0.2) is 55.4 Å². The first-order chi connectivity index (χ1) is 15.9. The molecule has 164 valence electrons. The molecule has 0 fully saturated rings. The van der Waals surface area contributed by atoms with Crippen molar-refractivity contribution in [3.63, 3.8) is 0 Å². The van der Waals surface area contributed by atoms with Gasteiger partial charge in [0.1, 0.15) is 18.1 Å². The number of amides is 1. The Morgan fingerprint density at radius 1 is 1.24 bits per heavy atom. The average Bonchev–Trinajstić information content (AvgIpc) is 3.20. The number of nitriles is 1. The molecule has 0 saturated carbocycles. The summed E-state index contributed by atoms with van der Waals surface area (Å²) >= 11 is 0. The monoisotopic (exact) mass is 442 g/mol. The van der Waals surface area contributed by atoms with E-state index in [-0.39, 0.29) is 28.9 Å². The number of carbonyl (C=O) groups excluding carboxylic acids is 1. The van der Waals surface area contributed by atoms with E-state index in [4.69, 9.17) is 4.74 Å². The Hall–Kier alpha value is -4.71. The Kier molecular flexibility index (Phi) is 5.74. The fourth-order valence-electron chi connectivity index (χ4n) is 3.36. The standard InChI is InChI=1S/C24H19FN6O2/c1-4-21(32)30-15-6-5-7-16(9-15)31-23-18(11-26)24(28-12-27-23)33-20-10-19(25)22-17(14(20)3)8-13(2)29-22/h4-10,12,29H,1H2,2-3H3,(H,30,32)(H,27,28,31). The van der Waals surface area contributed by atoms with Crippen molar-refractivity contribution >= 4 is 34.0 Å². The molecule has 0 atom stereocenters. The van der Waals surface area contributed by atoms with Gasteiger partial charge in [-0.2, -0.15) is 5.26 Å². The molecule has 3 N–H and O–H groups in total. The van der Waals surface area contributed by atoms with E-state index in [0.29, 0.717) is 27.8 Å². The fraction of sp³-hybridized carbons (Fsp3) is 0.0833. The van der Waals surface area contributed by atoms with Crippen LogP contribution < -0.4 is 15.4 Å². The van der Waals surface area contributed by atoms with Crippen molar-refractivity contribution in [2.24, 2.45) is 0 Å². The maximum absolute atomic E-state index is 14.6. The van der Waals surface area contributed by atoms with Crippen molar-refractivity contribution in [3.05, 3.63) is 78.0 Å². The lowest BCUT2D eigenvalue weighted by atomic mass is 10.1. The van der Waals surface area contributed by atoms with Gasteiger partial charge in [0, 0.05) is 34.1 Å². The molecule has 0 unspecified atom stereocenters. The van der Waals surface area contributed by atoms with Crippen LogP contribution in [0.2, 0.25) is 0 Å². The molecule has 0 aliphatic heterocycles. The first-order valence-corrected chi connectivity index (χ1v) is 9.91. The Balaban J connectivity index is 1.67. The highest BCUT2D eigenvalue weighted by Crippen LogP contribution is 2.35. The summed E-state index contributed by atoms with van der Waals surface area (Å²) in [6.07, 6.45) is 2.41. The van der Waals surface area contributed by atoms with Gasteiger partial charge in [0.2, 0.25) is 11.8 Å². The third-order valence-electron chi connectivity index (χ3n) is 4.93. The van der Waals surface area contributed by atoms with Crippen molar-refractivity contribution in [1.29, 1.82) is 5.26 Å². The van der Waals surface area contributed by atoms with Crippen molar-refractivity contribution < 1.29 is 13.9 Å². The van der Waals surface area contributed by atoms with Crippen LogP contribution in [-0.2, 0) is 4.79 Å². The molecular weight excluding hydrogens is 423 g/mol. The summed E-state index contributed by atoms with van der Waals surface area (Å²) in [5, 5.41) is 16.1. The highest BCUT2D eigenvalue weighted by molar-refractivity contribution is 5.99. The second-order valence-corrected chi connectivity index (χ2v) is 7.24. The number of aromatic amines is 1. The first-order valence-electron chi connectivity index (χ1n) is 9.91. The Bertz CT molecular complexity index is 1440. The first kappa shape index (κ1) is 21.5. The second-order valence-electron chi connectivity index (χ2n) is 7.24. The number of hydrogen-bond acceptors (Lipinski definition) is 6. The largest absolute Gasteiger partial charge is 0.437 e. The van der Waals surface area contributed by atoms with E-state index in [9.17, 15) is 14.4 Å². The maximum Gasteiger partial charge on any atom is 0.247 e. The minimum Gasteiger partial charge on any atom is -0.437 e. The summed E-state index contributed by atoms with van der Waals surface area (Å²) in [6.45, 7) is 7.07. The van der Waals surface area contributed by atoms with E-state index < -0.39 is 5.82 Å². The zero-order chi connectivity index (χ0) is 23.5. The van der Waals surface area contributed by atoms with Gasteiger partial charge in [-0.1, -0.05) is 12.6 Å². The zero-order valence-electron chi connectivity index (χ0n) is 17.9. The normalized spacial score (nSPS) is 10.5. The number of anilines is 3. The molecule has 0 aliphatic rings. The summed E-state index contributed by atoms with van der Waals surface area (Å²) in [5.74, 6) is -0.385. The molecule has 4 aromatic rings. The third-order valence-corrected chi connectivity index (χ3v) is 4.93. The van der Waals surface area contributed by atoms with Crippen LogP contribution in [0, 0.1) is 31.0 Å². The number of hydrogen-bond donors (Lipinski definition) is 3. The molecule has 1 amide bonds. The van der Waals surface area contributed by atoms with Gasteiger partial charge in [-0.05, 0) is 44.2 Å². The van der Waals surface area contributed by atoms with Crippen LogP contribution in [0.5, 0.6) is 11.6 Å². The summed E-state index contributed by atoms with van der Waals surface area (Å²) < 4.78 is 20.5. The smallest absolute Gasteiger partial charge is 0.247 e. The van der Waals surface area contributed by atoms with E-state index in [1.54, 1.807) is 31.2 Å². The lowest BCUT2D eigenvalue weighted by molar-refractivity contribution is -0.111. The summed E-state index contributed by atoms with van der Waals surface area (Å²) in [5.41, 5.74) is 3.08. The molecular formula is C24H19FN6O2. The van der Waals surface area contributed by atoms with Gasteiger partial charge in [-0.15, -0.1) is 0 Å². The number of ether oxygens (including phenoxy) is 1. The summed E-state index contributed by atoms with van der Waals surface area (Å²) in [4.78, 5) is 22.7. The fourth-order valence-corrected chi connectivity index (χ4v) is 3.36. The number of H-pyrrole nitrogens is 1.